The van der Waals surface area contributed by atoms with E-state index in [-0.39, 0.29) is 11.5 Å². The maximum absolute atomic E-state index is 11.2. The zero-order valence-corrected chi connectivity index (χ0v) is 12.3. The largest absolute Gasteiger partial charge is 0.480 e. The Balaban J connectivity index is 2.18. The van der Waals surface area contributed by atoms with Gasteiger partial charge >= 0.3 is 5.97 Å². The molecule has 0 amide bonds. The number of hydrogen-bond acceptors (Lipinski definition) is 4. The summed E-state index contributed by atoms with van der Waals surface area (Å²) in [6, 6.07) is 0. The van der Waals surface area contributed by atoms with Crippen LogP contribution in [0.5, 0.6) is 0 Å². The lowest BCUT2D eigenvalue weighted by Crippen LogP contribution is -2.51. The Morgan fingerprint density at radius 2 is 2.05 bits per heavy atom. The highest BCUT2D eigenvalue weighted by Crippen LogP contribution is 2.36. The maximum atomic E-state index is 11.2. The van der Waals surface area contributed by atoms with Crippen molar-refractivity contribution in [3.05, 3.63) is 0 Å². The molecule has 1 aliphatic rings. The van der Waals surface area contributed by atoms with E-state index in [1.165, 1.54) is 0 Å². The number of carboxylic acids is 1. The second-order valence-corrected chi connectivity index (χ2v) is 6.30. The molecule has 1 aliphatic carbocycles. The van der Waals surface area contributed by atoms with E-state index in [4.69, 9.17) is 15.2 Å². The zero-order valence-electron chi connectivity index (χ0n) is 12.3. The lowest BCUT2D eigenvalue weighted by atomic mass is 9.86. The molecule has 0 bridgehead atoms. The first-order chi connectivity index (χ1) is 8.76. The normalized spacial score (nSPS) is 27.7. The first-order valence-electron chi connectivity index (χ1n) is 7.00. The molecule has 2 unspecified atom stereocenters. The van der Waals surface area contributed by atoms with E-state index in [1.807, 2.05) is 20.8 Å². The fourth-order valence-electron chi connectivity index (χ4n) is 2.52. The molecule has 1 rings (SSSR count). The van der Waals surface area contributed by atoms with Crippen LogP contribution in [-0.2, 0) is 14.3 Å². The fourth-order valence-corrected chi connectivity index (χ4v) is 2.52. The summed E-state index contributed by atoms with van der Waals surface area (Å²) in [5.41, 5.74) is 4.77. The Morgan fingerprint density at radius 1 is 1.37 bits per heavy atom. The van der Waals surface area contributed by atoms with Crippen LogP contribution >= 0.6 is 0 Å². The average Bonchev–Trinajstić information content (AvgIpc) is 2.65. The predicted molar refractivity (Wildman–Crippen MR) is 73.0 cm³/mol. The lowest BCUT2D eigenvalue weighted by Gasteiger charge is -2.26. The van der Waals surface area contributed by atoms with Crippen LogP contribution in [0.15, 0.2) is 0 Å². The minimum absolute atomic E-state index is 0.0218. The fraction of sp³-hybridized carbons (Fsp3) is 0.929. The second-order valence-electron chi connectivity index (χ2n) is 6.30. The van der Waals surface area contributed by atoms with Crippen LogP contribution in [0.2, 0.25) is 0 Å². The van der Waals surface area contributed by atoms with E-state index in [0.29, 0.717) is 32.7 Å². The average molecular weight is 273 g/mol. The molecule has 0 aromatic carbocycles. The van der Waals surface area contributed by atoms with E-state index in [2.05, 4.69) is 0 Å². The number of hydrogen-bond donors (Lipinski definition) is 2. The molecule has 19 heavy (non-hydrogen) atoms. The first-order valence-corrected chi connectivity index (χ1v) is 7.00. The summed E-state index contributed by atoms with van der Waals surface area (Å²) in [5.74, 6) is -0.861. The summed E-state index contributed by atoms with van der Waals surface area (Å²) in [6.07, 6.45) is 3.05. The van der Waals surface area contributed by atoms with E-state index in [0.717, 1.165) is 12.8 Å². The molecule has 5 nitrogen and oxygen atoms in total. The summed E-state index contributed by atoms with van der Waals surface area (Å²) < 4.78 is 11.0. The number of ether oxygens (including phenoxy) is 2. The van der Waals surface area contributed by atoms with Crippen molar-refractivity contribution in [2.24, 2.45) is 11.7 Å². The Bertz CT molecular complexity index is 300. The molecule has 0 saturated heterocycles. The molecular weight excluding hydrogens is 246 g/mol. The van der Waals surface area contributed by atoms with Gasteiger partial charge < -0.3 is 20.3 Å². The van der Waals surface area contributed by atoms with Gasteiger partial charge in [-0.1, -0.05) is 6.42 Å². The molecule has 0 radical (unpaired) electrons. The molecule has 0 aromatic rings. The molecule has 3 N–H and O–H groups in total. The summed E-state index contributed by atoms with van der Waals surface area (Å²) in [5, 5.41) is 9.19. The quantitative estimate of drug-likeness (QED) is 0.691. The van der Waals surface area contributed by atoms with Crippen molar-refractivity contribution in [1.82, 2.24) is 0 Å². The monoisotopic (exact) mass is 273 g/mol. The highest BCUT2D eigenvalue weighted by Gasteiger charge is 2.45. The molecule has 0 spiro atoms. The van der Waals surface area contributed by atoms with Gasteiger partial charge in [-0.05, 0) is 46.0 Å². The molecule has 0 aromatic heterocycles. The Labute approximate surface area is 115 Å². The third-order valence-electron chi connectivity index (χ3n) is 3.64. The van der Waals surface area contributed by atoms with E-state index >= 15 is 0 Å². The Kier molecular flexibility index (Phi) is 5.77. The summed E-state index contributed by atoms with van der Waals surface area (Å²) in [6.45, 7) is 7.64. The van der Waals surface area contributed by atoms with Gasteiger partial charge in [-0.25, -0.2) is 0 Å². The predicted octanol–water partition coefficient (Wildman–Crippen LogP) is 1.79. The topological polar surface area (TPSA) is 81.8 Å². The van der Waals surface area contributed by atoms with Crippen LogP contribution in [0, 0.1) is 5.92 Å². The van der Waals surface area contributed by atoms with Gasteiger partial charge in [-0.2, -0.15) is 0 Å². The molecule has 112 valence electrons. The van der Waals surface area contributed by atoms with Crippen LogP contribution in [0.4, 0.5) is 0 Å². The van der Waals surface area contributed by atoms with Crippen LogP contribution in [0.1, 0.15) is 46.5 Å². The van der Waals surface area contributed by atoms with E-state index in [1.54, 1.807) is 0 Å². The maximum Gasteiger partial charge on any atom is 0.323 e. The number of rotatable bonds is 7. The van der Waals surface area contributed by atoms with Crippen LogP contribution in [0.3, 0.4) is 0 Å². The van der Waals surface area contributed by atoms with Gasteiger partial charge in [0.1, 0.15) is 5.54 Å². The highest BCUT2D eigenvalue weighted by molar-refractivity contribution is 5.79. The number of carboxylic acid groups (broad SMARTS) is 1. The number of carbonyl (C=O) groups is 1. The van der Waals surface area contributed by atoms with Gasteiger partial charge in [0.2, 0.25) is 0 Å². The SMILES string of the molecule is CC(C)(C)OCCOCCC1CCCC1(N)C(=O)O. The zero-order chi connectivity index (χ0) is 14.5. The molecular formula is C14H27NO4. The van der Waals surface area contributed by atoms with Crippen molar-refractivity contribution in [2.75, 3.05) is 19.8 Å². The standard InChI is InChI=1S/C14H27NO4/c1-13(2,3)19-10-9-18-8-6-11-5-4-7-14(11,15)12(16)17/h11H,4-10,15H2,1-3H3,(H,16,17). The minimum atomic E-state index is -1.05. The van der Waals surface area contributed by atoms with E-state index in [9.17, 15) is 9.90 Å². The molecule has 0 heterocycles. The minimum Gasteiger partial charge on any atom is -0.480 e. The number of aliphatic carboxylic acids is 1. The van der Waals surface area contributed by atoms with E-state index < -0.39 is 11.5 Å². The molecule has 0 aliphatic heterocycles. The molecule has 5 heteroatoms. The third-order valence-corrected chi connectivity index (χ3v) is 3.64. The van der Waals surface area contributed by atoms with Gasteiger partial charge in [0.05, 0.1) is 18.8 Å². The van der Waals surface area contributed by atoms with Crippen molar-refractivity contribution in [1.29, 1.82) is 0 Å². The van der Waals surface area contributed by atoms with Gasteiger partial charge in [-0.3, -0.25) is 4.79 Å². The van der Waals surface area contributed by atoms with Crippen LogP contribution in [-0.4, -0.2) is 42.0 Å². The lowest BCUT2D eigenvalue weighted by molar-refractivity contribution is -0.145. The summed E-state index contributed by atoms with van der Waals surface area (Å²) in [4.78, 5) is 11.2. The van der Waals surface area contributed by atoms with Crippen LogP contribution in [0.25, 0.3) is 0 Å². The third kappa shape index (κ3) is 5.09. The highest BCUT2D eigenvalue weighted by atomic mass is 16.5. The van der Waals surface area contributed by atoms with Gasteiger partial charge in [0.15, 0.2) is 0 Å². The van der Waals surface area contributed by atoms with Crippen LogP contribution < -0.4 is 5.73 Å². The summed E-state index contributed by atoms with van der Waals surface area (Å²) in [7, 11) is 0. The van der Waals surface area contributed by atoms with Crippen molar-refractivity contribution in [3.63, 3.8) is 0 Å². The van der Waals surface area contributed by atoms with Gasteiger partial charge in [0.25, 0.3) is 0 Å². The van der Waals surface area contributed by atoms with Gasteiger partial charge in [-0.15, -0.1) is 0 Å². The Hall–Kier alpha value is -0.650. The van der Waals surface area contributed by atoms with Crippen molar-refractivity contribution in [2.45, 2.75) is 57.6 Å². The van der Waals surface area contributed by atoms with Crippen molar-refractivity contribution in [3.8, 4) is 0 Å². The Morgan fingerprint density at radius 3 is 2.63 bits per heavy atom. The smallest absolute Gasteiger partial charge is 0.323 e. The van der Waals surface area contributed by atoms with Gasteiger partial charge in [0, 0.05) is 6.61 Å². The molecule has 1 saturated carbocycles. The number of nitrogens with two attached hydrogens (primary N) is 1. The first kappa shape index (κ1) is 16.4. The van der Waals surface area contributed by atoms with Crippen molar-refractivity contribution < 1.29 is 19.4 Å². The molecule has 1 fully saturated rings. The molecule has 2 atom stereocenters. The summed E-state index contributed by atoms with van der Waals surface area (Å²) >= 11 is 0. The second kappa shape index (κ2) is 6.68. The van der Waals surface area contributed by atoms with Crippen molar-refractivity contribution >= 4 is 5.97 Å².